The predicted molar refractivity (Wildman–Crippen MR) is 87.8 cm³/mol. The van der Waals surface area contributed by atoms with Crippen molar-refractivity contribution in [3.05, 3.63) is 29.8 Å². The van der Waals surface area contributed by atoms with Gasteiger partial charge in [-0.15, -0.1) is 0 Å². The van der Waals surface area contributed by atoms with E-state index in [1.807, 2.05) is 43.9 Å². The Morgan fingerprint density at radius 1 is 1.32 bits per heavy atom. The van der Waals surface area contributed by atoms with Gasteiger partial charge in [0.2, 0.25) is 0 Å². The maximum Gasteiger partial charge on any atom is 0.411 e. The van der Waals surface area contributed by atoms with Gasteiger partial charge in [-0.2, -0.15) is 0 Å². The van der Waals surface area contributed by atoms with Crippen LogP contribution in [0.3, 0.4) is 0 Å². The van der Waals surface area contributed by atoms with Crippen LogP contribution >= 0.6 is 0 Å². The number of likely N-dealkylation sites (tertiary alicyclic amines) is 1. The number of aliphatic imine (C=N–C) groups is 1. The molecule has 3 rings (SSSR count). The molecule has 0 radical (unpaired) electrons. The van der Waals surface area contributed by atoms with Crippen molar-refractivity contribution in [2.24, 2.45) is 4.99 Å². The Morgan fingerprint density at radius 2 is 2.05 bits per heavy atom. The Hall–Kier alpha value is -1.84. The molecule has 1 atom stereocenters. The van der Waals surface area contributed by atoms with Gasteiger partial charge >= 0.3 is 6.09 Å². The van der Waals surface area contributed by atoms with E-state index in [2.05, 4.69) is 13.0 Å². The summed E-state index contributed by atoms with van der Waals surface area (Å²) in [5, 5.41) is 0. The van der Waals surface area contributed by atoms with Gasteiger partial charge in [0.15, 0.2) is 0 Å². The van der Waals surface area contributed by atoms with Crippen molar-refractivity contribution in [2.45, 2.75) is 58.1 Å². The van der Waals surface area contributed by atoms with E-state index in [1.165, 1.54) is 5.56 Å². The van der Waals surface area contributed by atoms with Gasteiger partial charge in [0, 0.05) is 18.7 Å². The number of hydrogen-bond donors (Lipinski definition) is 0. The molecule has 0 aliphatic carbocycles. The van der Waals surface area contributed by atoms with Crippen LogP contribution in [0.2, 0.25) is 0 Å². The van der Waals surface area contributed by atoms with E-state index in [0.29, 0.717) is 0 Å². The van der Waals surface area contributed by atoms with Crippen LogP contribution in [-0.4, -0.2) is 34.4 Å². The lowest BCUT2D eigenvalue weighted by Gasteiger charge is -2.36. The van der Waals surface area contributed by atoms with E-state index in [-0.39, 0.29) is 11.6 Å². The van der Waals surface area contributed by atoms with Crippen molar-refractivity contribution in [1.82, 2.24) is 4.90 Å². The number of carbonyl (C=O) groups is 1. The molecule has 22 heavy (non-hydrogen) atoms. The van der Waals surface area contributed by atoms with Crippen LogP contribution in [0.5, 0.6) is 0 Å². The summed E-state index contributed by atoms with van der Waals surface area (Å²) < 4.78 is 5.59. The molecule has 4 nitrogen and oxygen atoms in total. The highest BCUT2D eigenvalue weighted by atomic mass is 16.6. The van der Waals surface area contributed by atoms with E-state index in [4.69, 9.17) is 9.73 Å². The lowest BCUT2D eigenvalue weighted by atomic mass is 9.90. The average Bonchev–Trinajstić information content (AvgIpc) is 3.00. The lowest BCUT2D eigenvalue weighted by Crippen LogP contribution is -2.52. The average molecular weight is 300 g/mol. The first-order valence-corrected chi connectivity index (χ1v) is 7.96. The summed E-state index contributed by atoms with van der Waals surface area (Å²) in [4.78, 5) is 19.2. The second-order valence-corrected chi connectivity index (χ2v) is 7.37. The van der Waals surface area contributed by atoms with Gasteiger partial charge in [-0.25, -0.2) is 4.79 Å². The van der Waals surface area contributed by atoms with Gasteiger partial charge in [-0.3, -0.25) is 9.89 Å². The molecule has 2 aliphatic rings. The first-order valence-electron chi connectivity index (χ1n) is 7.96. The number of amides is 1. The first-order chi connectivity index (χ1) is 10.3. The highest BCUT2D eigenvalue weighted by molar-refractivity contribution is 6.02. The van der Waals surface area contributed by atoms with E-state index >= 15 is 0 Å². The fourth-order valence-corrected chi connectivity index (χ4v) is 3.32. The maximum absolute atomic E-state index is 12.6. The summed E-state index contributed by atoms with van der Waals surface area (Å²) in [6.45, 7) is 8.57. The molecule has 1 aromatic rings. The zero-order valence-corrected chi connectivity index (χ0v) is 13.8. The van der Waals surface area contributed by atoms with Crippen molar-refractivity contribution in [2.75, 3.05) is 6.54 Å². The van der Waals surface area contributed by atoms with Crippen molar-refractivity contribution in [3.63, 3.8) is 0 Å². The van der Waals surface area contributed by atoms with Crippen molar-refractivity contribution >= 4 is 17.5 Å². The Balaban J connectivity index is 1.85. The summed E-state index contributed by atoms with van der Waals surface area (Å²) in [5.74, 6) is 0. The summed E-state index contributed by atoms with van der Waals surface area (Å²) >= 11 is 0. The molecular formula is C18H24N2O2. The zero-order chi connectivity index (χ0) is 16.0. The highest BCUT2D eigenvalue weighted by Gasteiger charge is 2.46. The molecule has 2 heterocycles. The number of fused-ring (bicyclic) bond motifs is 1. The quantitative estimate of drug-likeness (QED) is 0.783. The monoisotopic (exact) mass is 300 g/mol. The molecule has 1 amide bonds. The molecule has 1 aromatic carbocycles. The maximum atomic E-state index is 12.6. The Bertz CT molecular complexity index is 630. The molecule has 0 unspecified atom stereocenters. The van der Waals surface area contributed by atoms with Gasteiger partial charge in [0.25, 0.3) is 0 Å². The molecule has 4 heteroatoms. The van der Waals surface area contributed by atoms with Gasteiger partial charge in [-0.1, -0.05) is 18.2 Å². The van der Waals surface area contributed by atoms with Gasteiger partial charge in [0.1, 0.15) is 5.60 Å². The van der Waals surface area contributed by atoms with Crippen LogP contribution in [0.4, 0.5) is 10.5 Å². The summed E-state index contributed by atoms with van der Waals surface area (Å²) in [5.41, 5.74) is 2.56. The zero-order valence-electron chi connectivity index (χ0n) is 13.8. The summed E-state index contributed by atoms with van der Waals surface area (Å²) in [7, 11) is 0. The third-order valence-electron chi connectivity index (χ3n) is 4.48. The smallest absolute Gasteiger partial charge is 0.411 e. The largest absolute Gasteiger partial charge is 0.444 e. The molecule has 1 saturated heterocycles. The van der Waals surface area contributed by atoms with Crippen LogP contribution < -0.4 is 0 Å². The number of benzene rings is 1. The molecule has 1 fully saturated rings. The minimum Gasteiger partial charge on any atom is -0.444 e. The standard InChI is InChI=1S/C18H24N2O2/c1-17(2,3)22-16(21)20-11-7-10-18(20,4)15-12-13-8-5-6-9-14(13)19-15/h5-6,8-9H,7,10-12H2,1-4H3/t18-/m0/s1. The molecule has 0 spiro atoms. The molecular weight excluding hydrogens is 276 g/mol. The van der Waals surface area contributed by atoms with E-state index < -0.39 is 5.60 Å². The normalized spacial score (nSPS) is 24.2. The molecule has 2 aliphatic heterocycles. The molecule has 0 saturated carbocycles. The highest BCUT2D eigenvalue weighted by Crippen LogP contribution is 2.38. The second kappa shape index (κ2) is 5.11. The van der Waals surface area contributed by atoms with E-state index in [9.17, 15) is 4.79 Å². The number of carbonyl (C=O) groups excluding carboxylic acids is 1. The fraction of sp³-hybridized carbons (Fsp3) is 0.556. The number of para-hydroxylation sites is 1. The third kappa shape index (κ3) is 2.62. The minimum absolute atomic E-state index is 0.230. The van der Waals surface area contributed by atoms with Crippen molar-refractivity contribution in [1.29, 1.82) is 0 Å². The predicted octanol–water partition coefficient (Wildman–Crippen LogP) is 4.10. The number of nitrogens with zero attached hydrogens (tertiary/aromatic N) is 2. The fourth-order valence-electron chi connectivity index (χ4n) is 3.32. The molecule has 0 N–H and O–H groups in total. The van der Waals surface area contributed by atoms with Gasteiger partial charge in [-0.05, 0) is 52.2 Å². The topological polar surface area (TPSA) is 41.9 Å². The van der Waals surface area contributed by atoms with Crippen LogP contribution in [0.15, 0.2) is 29.3 Å². The summed E-state index contributed by atoms with van der Waals surface area (Å²) in [6.07, 6.45) is 2.53. The van der Waals surface area contributed by atoms with Crippen molar-refractivity contribution < 1.29 is 9.53 Å². The number of ether oxygens (including phenoxy) is 1. The van der Waals surface area contributed by atoms with Crippen LogP contribution in [-0.2, 0) is 11.2 Å². The minimum atomic E-state index is -0.471. The third-order valence-corrected chi connectivity index (χ3v) is 4.48. The van der Waals surface area contributed by atoms with Crippen LogP contribution in [0.1, 0.15) is 46.1 Å². The molecule has 0 aromatic heterocycles. The molecule has 118 valence electrons. The summed E-state index contributed by atoms with van der Waals surface area (Å²) in [6, 6.07) is 8.20. The SMILES string of the molecule is CC(C)(C)OC(=O)N1CCC[C@@]1(C)C1=Nc2ccccc2C1. The van der Waals surface area contributed by atoms with E-state index in [0.717, 1.165) is 37.2 Å². The Kier molecular flexibility index (Phi) is 3.50. The second-order valence-electron chi connectivity index (χ2n) is 7.37. The van der Waals surface area contributed by atoms with Crippen molar-refractivity contribution in [3.8, 4) is 0 Å². The lowest BCUT2D eigenvalue weighted by molar-refractivity contribution is 0.0188. The van der Waals surface area contributed by atoms with Gasteiger partial charge < -0.3 is 4.74 Å². The Labute approximate surface area is 132 Å². The number of hydrogen-bond acceptors (Lipinski definition) is 3. The van der Waals surface area contributed by atoms with E-state index in [1.54, 1.807) is 0 Å². The van der Waals surface area contributed by atoms with Crippen LogP contribution in [0, 0.1) is 0 Å². The van der Waals surface area contributed by atoms with Gasteiger partial charge in [0.05, 0.1) is 11.2 Å². The van der Waals surface area contributed by atoms with Crippen LogP contribution in [0.25, 0.3) is 0 Å². The molecule has 0 bridgehead atoms. The number of rotatable bonds is 1. The first kappa shape index (κ1) is 15.1. The Morgan fingerprint density at radius 3 is 2.73 bits per heavy atom.